The fourth-order valence-electron chi connectivity index (χ4n) is 2.57. The Hall–Kier alpha value is -1.42. The van der Waals surface area contributed by atoms with E-state index in [1.807, 2.05) is 6.07 Å². The molecule has 1 aliphatic rings. The molecular formula is C14H18N2O3S. The lowest BCUT2D eigenvalue weighted by Gasteiger charge is -2.33. The van der Waals surface area contributed by atoms with E-state index in [9.17, 15) is 13.5 Å². The van der Waals surface area contributed by atoms with Crippen LogP contribution in [0, 0.1) is 11.3 Å². The van der Waals surface area contributed by atoms with E-state index in [2.05, 4.69) is 0 Å². The van der Waals surface area contributed by atoms with Crippen LogP contribution < -0.4 is 0 Å². The van der Waals surface area contributed by atoms with Crippen LogP contribution in [0.3, 0.4) is 0 Å². The monoisotopic (exact) mass is 294 g/mol. The molecule has 1 fully saturated rings. The summed E-state index contributed by atoms with van der Waals surface area (Å²) in [5.74, 6) is 0. The predicted octanol–water partition coefficient (Wildman–Crippen LogP) is 1.48. The summed E-state index contributed by atoms with van der Waals surface area (Å²) in [6, 6.07) is 7.40. The SMILES string of the molecule is CC(C)(O)C1CCCN1S(=O)(=O)c1ccc(C#N)cc1. The zero-order valence-electron chi connectivity index (χ0n) is 11.6. The molecule has 0 bridgehead atoms. The first-order valence-electron chi connectivity index (χ1n) is 6.51. The average Bonchev–Trinajstić information content (AvgIpc) is 2.88. The largest absolute Gasteiger partial charge is 0.389 e. The first kappa shape index (κ1) is 15.0. The molecule has 1 heterocycles. The van der Waals surface area contributed by atoms with Crippen molar-refractivity contribution in [3.8, 4) is 6.07 Å². The minimum absolute atomic E-state index is 0.160. The fraction of sp³-hybridized carbons (Fsp3) is 0.500. The Bertz CT molecular complexity index is 624. The maximum absolute atomic E-state index is 12.6. The van der Waals surface area contributed by atoms with Crippen LogP contribution in [0.5, 0.6) is 0 Å². The second kappa shape index (κ2) is 5.17. The van der Waals surface area contributed by atoms with E-state index in [-0.39, 0.29) is 4.90 Å². The Morgan fingerprint density at radius 3 is 2.45 bits per heavy atom. The van der Waals surface area contributed by atoms with Crippen LogP contribution >= 0.6 is 0 Å². The summed E-state index contributed by atoms with van der Waals surface area (Å²) in [6.07, 6.45) is 1.39. The van der Waals surface area contributed by atoms with Gasteiger partial charge in [-0.15, -0.1) is 0 Å². The lowest BCUT2D eigenvalue weighted by Crippen LogP contribution is -2.48. The van der Waals surface area contributed by atoms with Crippen LogP contribution in [-0.2, 0) is 10.0 Å². The number of sulfonamides is 1. The summed E-state index contributed by atoms with van der Waals surface area (Å²) in [5, 5.41) is 18.9. The molecule has 1 saturated heterocycles. The molecule has 20 heavy (non-hydrogen) atoms. The molecule has 1 aromatic rings. The average molecular weight is 294 g/mol. The van der Waals surface area contributed by atoms with Crippen molar-refractivity contribution in [3.63, 3.8) is 0 Å². The molecule has 1 aliphatic heterocycles. The van der Waals surface area contributed by atoms with E-state index in [1.54, 1.807) is 13.8 Å². The number of benzene rings is 1. The van der Waals surface area contributed by atoms with Crippen molar-refractivity contribution in [2.45, 2.75) is 43.2 Å². The summed E-state index contributed by atoms with van der Waals surface area (Å²) in [7, 11) is -3.63. The third-order valence-electron chi connectivity index (χ3n) is 3.61. The summed E-state index contributed by atoms with van der Waals surface area (Å²) in [6.45, 7) is 3.67. The molecule has 1 aromatic carbocycles. The molecule has 0 radical (unpaired) electrons. The van der Waals surface area contributed by atoms with Gasteiger partial charge >= 0.3 is 0 Å². The Balaban J connectivity index is 2.37. The van der Waals surface area contributed by atoms with E-state index in [0.29, 0.717) is 18.5 Å². The van der Waals surface area contributed by atoms with E-state index in [0.717, 1.165) is 6.42 Å². The third kappa shape index (κ3) is 2.70. The Morgan fingerprint density at radius 1 is 1.35 bits per heavy atom. The van der Waals surface area contributed by atoms with Gasteiger partial charge in [0.25, 0.3) is 0 Å². The van der Waals surface area contributed by atoms with Crippen LogP contribution in [0.25, 0.3) is 0 Å². The number of aliphatic hydroxyl groups is 1. The van der Waals surface area contributed by atoms with Crippen LogP contribution in [0.15, 0.2) is 29.2 Å². The van der Waals surface area contributed by atoms with Crippen LogP contribution in [-0.4, -0.2) is 36.0 Å². The molecule has 1 atom stereocenters. The molecule has 0 saturated carbocycles. The molecule has 0 spiro atoms. The number of hydrogen-bond donors (Lipinski definition) is 1. The zero-order valence-corrected chi connectivity index (χ0v) is 12.4. The van der Waals surface area contributed by atoms with Gasteiger partial charge in [-0.3, -0.25) is 0 Å². The van der Waals surface area contributed by atoms with Gasteiger partial charge in [0.05, 0.1) is 28.2 Å². The highest BCUT2D eigenvalue weighted by molar-refractivity contribution is 7.89. The molecule has 108 valence electrons. The van der Waals surface area contributed by atoms with E-state index >= 15 is 0 Å². The summed E-state index contributed by atoms with van der Waals surface area (Å²) < 4.78 is 26.6. The predicted molar refractivity (Wildman–Crippen MR) is 74.4 cm³/mol. The highest BCUT2D eigenvalue weighted by atomic mass is 32.2. The number of nitriles is 1. The molecule has 5 nitrogen and oxygen atoms in total. The Morgan fingerprint density at radius 2 is 1.95 bits per heavy atom. The van der Waals surface area contributed by atoms with Gasteiger partial charge in [0.15, 0.2) is 0 Å². The third-order valence-corrected chi connectivity index (χ3v) is 5.53. The fourth-order valence-corrected chi connectivity index (χ4v) is 4.39. The molecule has 1 N–H and O–H groups in total. The standard InChI is InChI=1S/C14H18N2O3S/c1-14(2,17)13-4-3-9-16(13)20(18,19)12-7-5-11(10-15)6-8-12/h5-8,13,17H,3-4,9H2,1-2H3. The van der Waals surface area contributed by atoms with Crippen molar-refractivity contribution in [1.82, 2.24) is 4.31 Å². The first-order valence-corrected chi connectivity index (χ1v) is 7.95. The lowest BCUT2D eigenvalue weighted by atomic mass is 9.98. The van der Waals surface area contributed by atoms with Gasteiger partial charge in [0, 0.05) is 6.54 Å². The van der Waals surface area contributed by atoms with Gasteiger partial charge < -0.3 is 5.11 Å². The summed E-state index contributed by atoms with van der Waals surface area (Å²) >= 11 is 0. The maximum atomic E-state index is 12.6. The number of hydrogen-bond acceptors (Lipinski definition) is 4. The number of nitrogens with zero attached hydrogens (tertiary/aromatic N) is 2. The maximum Gasteiger partial charge on any atom is 0.243 e. The van der Waals surface area contributed by atoms with Crippen LogP contribution in [0.4, 0.5) is 0 Å². The highest BCUT2D eigenvalue weighted by Gasteiger charge is 2.42. The molecule has 0 aromatic heterocycles. The number of rotatable bonds is 3. The van der Waals surface area contributed by atoms with E-state index in [1.165, 1.54) is 28.6 Å². The molecule has 0 amide bonds. The summed E-state index contributed by atoms with van der Waals surface area (Å²) in [4.78, 5) is 0.160. The quantitative estimate of drug-likeness (QED) is 0.915. The van der Waals surface area contributed by atoms with Crippen molar-refractivity contribution < 1.29 is 13.5 Å². The van der Waals surface area contributed by atoms with Gasteiger partial charge in [0.2, 0.25) is 10.0 Å². The molecule has 2 rings (SSSR count). The van der Waals surface area contributed by atoms with Gasteiger partial charge in [-0.2, -0.15) is 9.57 Å². The minimum Gasteiger partial charge on any atom is -0.389 e. The zero-order chi connectivity index (χ0) is 15.0. The van der Waals surface area contributed by atoms with Gasteiger partial charge in [-0.05, 0) is 51.0 Å². The summed E-state index contributed by atoms with van der Waals surface area (Å²) in [5.41, 5.74) is -0.652. The second-order valence-corrected chi connectivity index (χ2v) is 7.45. The normalized spacial score (nSPS) is 20.8. The Labute approximate surface area is 119 Å². The van der Waals surface area contributed by atoms with Gasteiger partial charge in [-0.25, -0.2) is 8.42 Å². The van der Waals surface area contributed by atoms with Crippen LogP contribution in [0.2, 0.25) is 0 Å². The topological polar surface area (TPSA) is 81.4 Å². The molecule has 1 unspecified atom stereocenters. The Kier molecular flexibility index (Phi) is 3.87. The van der Waals surface area contributed by atoms with Crippen molar-refractivity contribution in [1.29, 1.82) is 5.26 Å². The minimum atomic E-state index is -3.63. The first-order chi connectivity index (χ1) is 9.26. The van der Waals surface area contributed by atoms with Crippen molar-refractivity contribution in [3.05, 3.63) is 29.8 Å². The molecule has 0 aliphatic carbocycles. The van der Waals surface area contributed by atoms with Crippen molar-refractivity contribution >= 4 is 10.0 Å². The van der Waals surface area contributed by atoms with E-state index in [4.69, 9.17) is 5.26 Å². The van der Waals surface area contributed by atoms with Crippen molar-refractivity contribution in [2.75, 3.05) is 6.54 Å². The van der Waals surface area contributed by atoms with Gasteiger partial charge in [-0.1, -0.05) is 0 Å². The van der Waals surface area contributed by atoms with Crippen LogP contribution in [0.1, 0.15) is 32.3 Å². The van der Waals surface area contributed by atoms with E-state index < -0.39 is 21.7 Å². The molecule has 6 heteroatoms. The molecular weight excluding hydrogens is 276 g/mol. The second-order valence-electron chi connectivity index (χ2n) is 5.56. The highest BCUT2D eigenvalue weighted by Crippen LogP contribution is 2.32. The van der Waals surface area contributed by atoms with Crippen molar-refractivity contribution in [2.24, 2.45) is 0 Å². The van der Waals surface area contributed by atoms with Gasteiger partial charge in [0.1, 0.15) is 0 Å². The smallest absolute Gasteiger partial charge is 0.243 e. The lowest BCUT2D eigenvalue weighted by molar-refractivity contribution is 0.0215.